The molecule has 0 radical (unpaired) electrons. The van der Waals surface area contributed by atoms with Crippen molar-refractivity contribution in [2.75, 3.05) is 20.7 Å². The molecule has 4 nitrogen and oxygen atoms in total. The maximum absolute atomic E-state index is 12.7. The first-order valence-electron chi connectivity index (χ1n) is 6.89. The van der Waals surface area contributed by atoms with Crippen molar-refractivity contribution < 1.29 is 9.53 Å². The molecule has 0 bridgehead atoms. The van der Waals surface area contributed by atoms with Crippen LogP contribution in [0.15, 0.2) is 22.7 Å². The normalized spacial score (nSPS) is 21.8. The summed E-state index contributed by atoms with van der Waals surface area (Å²) in [6.07, 6.45) is 3.28. The Hall–Kier alpha value is -1.07. The van der Waals surface area contributed by atoms with Crippen LogP contribution in [0.3, 0.4) is 0 Å². The van der Waals surface area contributed by atoms with E-state index in [1.54, 1.807) is 13.2 Å². The fourth-order valence-corrected chi connectivity index (χ4v) is 3.32. The third-order valence-corrected chi connectivity index (χ3v) is 4.63. The highest BCUT2D eigenvalue weighted by atomic mass is 79.9. The molecule has 20 heavy (non-hydrogen) atoms. The molecule has 1 aliphatic carbocycles. The molecule has 0 heterocycles. The molecule has 1 amide bonds. The maximum Gasteiger partial charge on any atom is 0.257 e. The number of methoxy groups -OCH3 is 1. The van der Waals surface area contributed by atoms with Gasteiger partial charge in [0, 0.05) is 17.6 Å². The molecule has 0 saturated heterocycles. The standard InChI is InChI=1S/C15H21BrN2O2/c1-18(13-5-3-4-10(13)9-17)15(19)12-7-6-11(16)8-14(12)20-2/h6-8,10,13H,3-5,9,17H2,1-2H3. The quantitative estimate of drug-likeness (QED) is 0.916. The Bertz CT molecular complexity index is 493. The smallest absolute Gasteiger partial charge is 0.257 e. The highest BCUT2D eigenvalue weighted by molar-refractivity contribution is 9.10. The van der Waals surface area contributed by atoms with Crippen LogP contribution in [0, 0.1) is 5.92 Å². The zero-order chi connectivity index (χ0) is 14.7. The van der Waals surface area contributed by atoms with Gasteiger partial charge in [-0.05, 0) is 43.5 Å². The van der Waals surface area contributed by atoms with Crippen LogP contribution in [0.5, 0.6) is 5.75 Å². The van der Waals surface area contributed by atoms with Gasteiger partial charge in [-0.1, -0.05) is 22.4 Å². The fraction of sp³-hybridized carbons (Fsp3) is 0.533. The molecule has 0 aliphatic heterocycles. The van der Waals surface area contributed by atoms with Crippen molar-refractivity contribution in [1.82, 2.24) is 4.90 Å². The Labute approximate surface area is 128 Å². The summed E-state index contributed by atoms with van der Waals surface area (Å²) < 4.78 is 6.21. The largest absolute Gasteiger partial charge is 0.496 e. The van der Waals surface area contributed by atoms with Crippen molar-refractivity contribution in [3.8, 4) is 5.75 Å². The Morgan fingerprint density at radius 2 is 2.25 bits per heavy atom. The first kappa shape index (κ1) is 15.3. The number of carbonyl (C=O) groups excluding carboxylic acids is 1. The number of ether oxygens (including phenoxy) is 1. The zero-order valence-electron chi connectivity index (χ0n) is 11.9. The van der Waals surface area contributed by atoms with Gasteiger partial charge in [0.15, 0.2) is 0 Å². The molecule has 0 spiro atoms. The minimum absolute atomic E-state index is 0.000278. The number of carbonyl (C=O) groups is 1. The molecule has 1 saturated carbocycles. The van der Waals surface area contributed by atoms with Gasteiger partial charge in [-0.2, -0.15) is 0 Å². The first-order chi connectivity index (χ1) is 9.58. The monoisotopic (exact) mass is 340 g/mol. The molecule has 1 aromatic carbocycles. The van der Waals surface area contributed by atoms with Gasteiger partial charge in [0.05, 0.1) is 12.7 Å². The lowest BCUT2D eigenvalue weighted by molar-refractivity contribution is 0.0696. The Balaban J connectivity index is 2.22. The van der Waals surface area contributed by atoms with Gasteiger partial charge in [0.1, 0.15) is 5.75 Å². The lowest BCUT2D eigenvalue weighted by Crippen LogP contribution is -2.41. The van der Waals surface area contributed by atoms with E-state index >= 15 is 0 Å². The second-order valence-corrected chi connectivity index (χ2v) is 6.17. The number of hydrogen-bond donors (Lipinski definition) is 1. The number of amides is 1. The fourth-order valence-electron chi connectivity index (χ4n) is 2.98. The van der Waals surface area contributed by atoms with Crippen molar-refractivity contribution in [2.24, 2.45) is 11.7 Å². The van der Waals surface area contributed by atoms with Crippen molar-refractivity contribution in [3.63, 3.8) is 0 Å². The lowest BCUT2D eigenvalue weighted by Gasteiger charge is -2.29. The van der Waals surface area contributed by atoms with E-state index in [9.17, 15) is 4.79 Å². The topological polar surface area (TPSA) is 55.6 Å². The predicted octanol–water partition coefficient (Wildman–Crippen LogP) is 2.66. The lowest BCUT2D eigenvalue weighted by atomic mass is 10.0. The molecule has 2 N–H and O–H groups in total. The van der Waals surface area contributed by atoms with Gasteiger partial charge in [0.25, 0.3) is 5.91 Å². The minimum atomic E-state index is -0.000278. The predicted molar refractivity (Wildman–Crippen MR) is 83.0 cm³/mol. The maximum atomic E-state index is 12.7. The van der Waals surface area contributed by atoms with E-state index in [-0.39, 0.29) is 11.9 Å². The molecule has 5 heteroatoms. The van der Waals surface area contributed by atoms with Crippen LogP contribution >= 0.6 is 15.9 Å². The van der Waals surface area contributed by atoms with Crippen LogP contribution < -0.4 is 10.5 Å². The summed E-state index contributed by atoms with van der Waals surface area (Å²) in [5.74, 6) is 1.00. The number of halogens is 1. The van der Waals surface area contributed by atoms with Crippen LogP contribution in [-0.4, -0.2) is 37.6 Å². The summed E-state index contributed by atoms with van der Waals surface area (Å²) in [5.41, 5.74) is 6.41. The van der Waals surface area contributed by atoms with E-state index in [0.29, 0.717) is 23.8 Å². The van der Waals surface area contributed by atoms with Crippen LogP contribution in [0.1, 0.15) is 29.6 Å². The average Bonchev–Trinajstić information content (AvgIpc) is 2.93. The van der Waals surface area contributed by atoms with Crippen LogP contribution in [0.2, 0.25) is 0 Å². The van der Waals surface area contributed by atoms with Gasteiger partial charge in [-0.3, -0.25) is 4.79 Å². The van der Waals surface area contributed by atoms with E-state index in [2.05, 4.69) is 15.9 Å². The second-order valence-electron chi connectivity index (χ2n) is 5.25. The number of benzene rings is 1. The highest BCUT2D eigenvalue weighted by Gasteiger charge is 2.32. The Morgan fingerprint density at radius 1 is 1.50 bits per heavy atom. The summed E-state index contributed by atoms with van der Waals surface area (Å²) in [4.78, 5) is 14.5. The number of rotatable bonds is 4. The van der Waals surface area contributed by atoms with Gasteiger partial charge in [0.2, 0.25) is 0 Å². The van der Waals surface area contributed by atoms with E-state index in [4.69, 9.17) is 10.5 Å². The molecule has 1 fully saturated rings. The van der Waals surface area contributed by atoms with Gasteiger partial charge >= 0.3 is 0 Å². The van der Waals surface area contributed by atoms with Crippen LogP contribution in [0.4, 0.5) is 0 Å². The van der Waals surface area contributed by atoms with E-state index in [0.717, 1.165) is 23.7 Å². The SMILES string of the molecule is COc1cc(Br)ccc1C(=O)N(C)C1CCCC1CN. The molecule has 110 valence electrons. The van der Waals surface area contributed by atoms with Crippen molar-refractivity contribution in [3.05, 3.63) is 28.2 Å². The summed E-state index contributed by atoms with van der Waals surface area (Å²) in [6, 6.07) is 5.71. The molecular formula is C15H21BrN2O2. The van der Waals surface area contributed by atoms with E-state index in [1.807, 2.05) is 24.1 Å². The molecule has 2 unspecified atom stereocenters. The summed E-state index contributed by atoms with van der Waals surface area (Å²) >= 11 is 3.39. The molecule has 2 atom stereocenters. The Morgan fingerprint density at radius 3 is 2.90 bits per heavy atom. The molecule has 1 aromatic rings. The van der Waals surface area contributed by atoms with Crippen LogP contribution in [0.25, 0.3) is 0 Å². The van der Waals surface area contributed by atoms with Crippen LogP contribution in [-0.2, 0) is 0 Å². The number of nitrogens with two attached hydrogens (primary N) is 1. The second kappa shape index (κ2) is 6.59. The summed E-state index contributed by atoms with van der Waals surface area (Å²) in [7, 11) is 3.44. The first-order valence-corrected chi connectivity index (χ1v) is 7.68. The van der Waals surface area contributed by atoms with Gasteiger partial charge in [-0.15, -0.1) is 0 Å². The van der Waals surface area contributed by atoms with Gasteiger partial charge < -0.3 is 15.4 Å². The summed E-state index contributed by atoms with van der Waals surface area (Å²) in [5, 5.41) is 0. The van der Waals surface area contributed by atoms with E-state index < -0.39 is 0 Å². The highest BCUT2D eigenvalue weighted by Crippen LogP contribution is 2.31. The van der Waals surface area contributed by atoms with Crippen molar-refractivity contribution in [1.29, 1.82) is 0 Å². The van der Waals surface area contributed by atoms with Crippen molar-refractivity contribution in [2.45, 2.75) is 25.3 Å². The molecule has 0 aromatic heterocycles. The summed E-state index contributed by atoms with van der Waals surface area (Å²) in [6.45, 7) is 0.639. The third-order valence-electron chi connectivity index (χ3n) is 4.13. The van der Waals surface area contributed by atoms with Crippen molar-refractivity contribution >= 4 is 21.8 Å². The van der Waals surface area contributed by atoms with E-state index in [1.165, 1.54) is 0 Å². The minimum Gasteiger partial charge on any atom is -0.496 e. The number of nitrogens with zero attached hydrogens (tertiary/aromatic N) is 1. The zero-order valence-corrected chi connectivity index (χ0v) is 13.5. The number of hydrogen-bond acceptors (Lipinski definition) is 3. The third kappa shape index (κ3) is 2.99. The molecule has 2 rings (SSSR count). The molecular weight excluding hydrogens is 320 g/mol. The average molecular weight is 341 g/mol. The Kier molecular flexibility index (Phi) is 5.05. The van der Waals surface area contributed by atoms with Gasteiger partial charge in [-0.25, -0.2) is 0 Å². The molecule has 1 aliphatic rings.